The summed E-state index contributed by atoms with van der Waals surface area (Å²) >= 11 is 1.79. The topological polar surface area (TPSA) is 26.7 Å². The van der Waals surface area contributed by atoms with Crippen molar-refractivity contribution in [2.24, 2.45) is 0 Å². The molecule has 0 fully saturated rings. The molecule has 1 aliphatic heterocycles. The van der Waals surface area contributed by atoms with Gasteiger partial charge in [-0.1, -0.05) is 60.3 Å². The molecule has 0 aliphatic carbocycles. The second-order valence-electron chi connectivity index (χ2n) is 6.83. The van der Waals surface area contributed by atoms with Crippen LogP contribution in [-0.4, -0.2) is 30.8 Å². The Kier molecular flexibility index (Phi) is 5.70. The van der Waals surface area contributed by atoms with E-state index < -0.39 is 6.10 Å². The van der Waals surface area contributed by atoms with Gasteiger partial charge in [-0.15, -0.1) is 6.58 Å². The molecule has 0 aromatic heterocycles. The third kappa shape index (κ3) is 3.93. The number of hydrogen-bond donors (Lipinski definition) is 1. The maximum absolute atomic E-state index is 11.0. The lowest BCUT2D eigenvalue weighted by Gasteiger charge is -2.35. The number of benzene rings is 3. The highest BCUT2D eigenvalue weighted by Crippen LogP contribution is 2.47. The molecule has 3 nitrogen and oxygen atoms in total. The van der Waals surface area contributed by atoms with Crippen molar-refractivity contribution in [3.05, 3.63) is 91.5 Å². The van der Waals surface area contributed by atoms with E-state index >= 15 is 0 Å². The van der Waals surface area contributed by atoms with Crippen molar-refractivity contribution >= 4 is 28.8 Å². The van der Waals surface area contributed by atoms with E-state index in [1.165, 1.54) is 9.79 Å². The quantitative estimate of drug-likeness (QED) is 0.553. The van der Waals surface area contributed by atoms with Crippen LogP contribution in [-0.2, 0) is 0 Å². The third-order valence-corrected chi connectivity index (χ3v) is 5.96. The smallest absolute Gasteiger partial charge is 0.0893 e. The molecule has 0 spiro atoms. The highest BCUT2D eigenvalue weighted by Gasteiger charge is 2.25. The summed E-state index contributed by atoms with van der Waals surface area (Å²) in [7, 11) is 0. The molecule has 0 bridgehead atoms. The van der Waals surface area contributed by atoms with Crippen molar-refractivity contribution in [2.45, 2.75) is 15.9 Å². The zero-order chi connectivity index (χ0) is 19.3. The fourth-order valence-electron chi connectivity index (χ4n) is 3.58. The van der Waals surface area contributed by atoms with E-state index in [2.05, 4.69) is 77.0 Å². The minimum absolute atomic E-state index is 0.510. The fraction of sp³-hybridized carbons (Fsp3) is 0.167. The molecule has 3 aromatic rings. The molecule has 4 heteroatoms. The van der Waals surface area contributed by atoms with Crippen molar-refractivity contribution in [1.82, 2.24) is 0 Å². The minimum atomic E-state index is -0.510. The lowest BCUT2D eigenvalue weighted by molar-refractivity contribution is 0.188. The van der Waals surface area contributed by atoms with Gasteiger partial charge in [0.15, 0.2) is 0 Å². The molecule has 0 saturated carbocycles. The molecule has 0 unspecified atom stereocenters. The average Bonchev–Trinajstić information content (AvgIpc) is 2.74. The summed E-state index contributed by atoms with van der Waals surface area (Å²) < 4.78 is 0. The maximum Gasteiger partial charge on any atom is 0.0893 e. The van der Waals surface area contributed by atoms with E-state index in [0.29, 0.717) is 19.6 Å². The monoisotopic (exact) mass is 388 g/mol. The number of rotatable bonds is 7. The van der Waals surface area contributed by atoms with E-state index in [0.717, 1.165) is 17.1 Å². The number of β-amino-alcohol motifs (C(OH)–C–C–N with tert-alkyl or cyclic N) is 1. The van der Waals surface area contributed by atoms with Crippen LogP contribution in [0.25, 0.3) is 0 Å². The van der Waals surface area contributed by atoms with Gasteiger partial charge >= 0.3 is 0 Å². The van der Waals surface area contributed by atoms with Crippen LogP contribution in [0.3, 0.4) is 0 Å². The van der Waals surface area contributed by atoms with Crippen LogP contribution >= 0.6 is 11.8 Å². The average molecular weight is 389 g/mol. The van der Waals surface area contributed by atoms with E-state index in [-0.39, 0.29) is 0 Å². The van der Waals surface area contributed by atoms with E-state index in [1.54, 1.807) is 11.8 Å². The summed E-state index contributed by atoms with van der Waals surface area (Å²) in [5, 5.41) is 11.0. The molecule has 1 atom stereocenters. The molecule has 4 rings (SSSR count). The zero-order valence-electron chi connectivity index (χ0n) is 15.7. The molecule has 142 valence electrons. The third-order valence-electron chi connectivity index (χ3n) is 4.83. The number of aliphatic hydroxyl groups excluding tert-OH is 1. The Bertz CT molecular complexity index is 899. The standard InChI is InChI=1S/C24H24N2OS/c1-2-16-25(19-10-4-3-5-11-19)17-20(27)18-26-21-12-6-8-14-23(21)28-24-15-9-7-13-22(24)26/h2-15,20,27H,1,16-18H2/t20-/m1/s1. The van der Waals surface area contributed by atoms with Crippen LogP contribution < -0.4 is 9.80 Å². The lowest BCUT2D eigenvalue weighted by Crippen LogP contribution is -2.39. The fourth-order valence-corrected chi connectivity index (χ4v) is 4.68. The highest BCUT2D eigenvalue weighted by atomic mass is 32.2. The van der Waals surface area contributed by atoms with Crippen molar-refractivity contribution in [2.75, 3.05) is 29.4 Å². The van der Waals surface area contributed by atoms with Gasteiger partial charge in [0.1, 0.15) is 0 Å². The minimum Gasteiger partial charge on any atom is -0.389 e. The SMILES string of the molecule is C=CCN(C[C@@H](O)CN1c2ccccc2Sc2ccccc21)c1ccccc1. The number of fused-ring (bicyclic) bond motifs is 2. The number of para-hydroxylation sites is 3. The van der Waals surface area contributed by atoms with Crippen LogP contribution in [0, 0.1) is 0 Å². The summed E-state index contributed by atoms with van der Waals surface area (Å²) in [5.41, 5.74) is 3.40. The van der Waals surface area contributed by atoms with Gasteiger partial charge in [0.25, 0.3) is 0 Å². The summed E-state index contributed by atoms with van der Waals surface area (Å²) in [6.07, 6.45) is 1.37. The van der Waals surface area contributed by atoms with Crippen LogP contribution in [0.1, 0.15) is 0 Å². The second kappa shape index (κ2) is 8.55. The molecule has 1 N–H and O–H groups in total. The Morgan fingerprint density at radius 3 is 2.07 bits per heavy atom. The van der Waals surface area contributed by atoms with Gasteiger partial charge in [-0.25, -0.2) is 0 Å². The van der Waals surface area contributed by atoms with Crippen molar-refractivity contribution in [3.63, 3.8) is 0 Å². The molecule has 0 amide bonds. The number of nitrogens with zero attached hydrogens (tertiary/aromatic N) is 2. The molecule has 1 heterocycles. The van der Waals surface area contributed by atoms with Gasteiger partial charge in [0.05, 0.1) is 24.0 Å². The van der Waals surface area contributed by atoms with Crippen molar-refractivity contribution in [1.29, 1.82) is 0 Å². The number of aliphatic hydroxyl groups is 1. The number of anilines is 3. The first-order valence-electron chi connectivity index (χ1n) is 9.48. The summed E-state index contributed by atoms with van der Waals surface area (Å²) in [6.45, 7) is 5.65. The molecular formula is C24H24N2OS. The van der Waals surface area contributed by atoms with Crippen LogP contribution in [0.15, 0.2) is 101 Å². The van der Waals surface area contributed by atoms with E-state index in [9.17, 15) is 5.11 Å². The first kappa shape index (κ1) is 18.7. The Morgan fingerprint density at radius 2 is 1.46 bits per heavy atom. The van der Waals surface area contributed by atoms with Crippen molar-refractivity contribution in [3.8, 4) is 0 Å². The van der Waals surface area contributed by atoms with Gasteiger partial charge in [-0.3, -0.25) is 0 Å². The summed E-state index contributed by atoms with van der Waals surface area (Å²) in [4.78, 5) is 6.84. The van der Waals surface area contributed by atoms with E-state index in [1.807, 2.05) is 24.3 Å². The van der Waals surface area contributed by atoms with Crippen LogP contribution in [0.2, 0.25) is 0 Å². The van der Waals surface area contributed by atoms with Crippen molar-refractivity contribution < 1.29 is 5.11 Å². The second-order valence-corrected chi connectivity index (χ2v) is 7.91. The molecule has 3 aromatic carbocycles. The first-order chi connectivity index (χ1) is 13.8. The molecule has 1 aliphatic rings. The predicted octanol–water partition coefficient (Wildman–Crippen LogP) is 5.34. The Morgan fingerprint density at radius 1 is 0.893 bits per heavy atom. The highest BCUT2D eigenvalue weighted by molar-refractivity contribution is 7.99. The number of hydrogen-bond acceptors (Lipinski definition) is 4. The van der Waals surface area contributed by atoms with Gasteiger partial charge in [-0.2, -0.15) is 0 Å². The predicted molar refractivity (Wildman–Crippen MR) is 119 cm³/mol. The Labute approximate surface area is 170 Å². The van der Waals surface area contributed by atoms with Gasteiger partial charge < -0.3 is 14.9 Å². The molecular weight excluding hydrogens is 364 g/mol. The maximum atomic E-state index is 11.0. The lowest BCUT2D eigenvalue weighted by atomic mass is 10.2. The van der Waals surface area contributed by atoms with Gasteiger partial charge in [-0.05, 0) is 36.4 Å². The summed E-state index contributed by atoms with van der Waals surface area (Å²) in [5.74, 6) is 0. The van der Waals surface area contributed by atoms with Crippen LogP contribution in [0.4, 0.5) is 17.1 Å². The van der Waals surface area contributed by atoms with Gasteiger partial charge in [0.2, 0.25) is 0 Å². The summed E-state index contributed by atoms with van der Waals surface area (Å²) in [6, 6.07) is 27.0. The molecule has 0 saturated heterocycles. The Hall–Kier alpha value is -2.69. The zero-order valence-corrected chi connectivity index (χ0v) is 16.6. The molecule has 0 radical (unpaired) electrons. The Balaban J connectivity index is 1.57. The van der Waals surface area contributed by atoms with Crippen LogP contribution in [0.5, 0.6) is 0 Å². The van der Waals surface area contributed by atoms with Gasteiger partial charge in [0, 0.05) is 28.6 Å². The first-order valence-corrected chi connectivity index (χ1v) is 10.3. The largest absolute Gasteiger partial charge is 0.389 e. The molecule has 28 heavy (non-hydrogen) atoms. The van der Waals surface area contributed by atoms with E-state index in [4.69, 9.17) is 0 Å². The normalized spacial score (nSPS) is 13.4.